The monoisotopic (exact) mass is 456 g/mol. The molecule has 0 unspecified atom stereocenters. The summed E-state index contributed by atoms with van der Waals surface area (Å²) in [7, 11) is 1.84. The van der Waals surface area contributed by atoms with Gasteiger partial charge in [-0.2, -0.15) is 0 Å². The van der Waals surface area contributed by atoms with Crippen LogP contribution in [0, 0.1) is 5.92 Å². The van der Waals surface area contributed by atoms with Crippen LogP contribution in [0.15, 0.2) is 29.3 Å². The predicted molar refractivity (Wildman–Crippen MR) is 117 cm³/mol. The lowest BCUT2D eigenvalue weighted by atomic mass is 10.1. The van der Waals surface area contributed by atoms with E-state index in [1.165, 1.54) is 62.7 Å². The molecule has 2 N–H and O–H groups in total. The number of hydrogen-bond donors (Lipinski definition) is 2. The predicted octanol–water partition coefficient (Wildman–Crippen LogP) is 3.76. The number of halogens is 1. The van der Waals surface area contributed by atoms with E-state index in [4.69, 9.17) is 0 Å². The lowest BCUT2D eigenvalue weighted by Gasteiger charge is -2.20. The first-order chi connectivity index (χ1) is 11.8. The third-order valence-corrected chi connectivity index (χ3v) is 5.07. The number of hydrogen-bond acceptors (Lipinski definition) is 2. The molecule has 4 nitrogen and oxygen atoms in total. The van der Waals surface area contributed by atoms with Gasteiger partial charge in [0.1, 0.15) is 0 Å². The minimum absolute atomic E-state index is 0. The van der Waals surface area contributed by atoms with Crippen molar-refractivity contribution in [3.8, 4) is 0 Å². The topological polar surface area (TPSA) is 39.7 Å². The SMILES string of the molecule is CN=C(NCc1ccc(CN2CCCCCC2)cc1)NCC1CC1.I. The number of guanidine groups is 1. The Bertz CT molecular complexity index is 517. The molecule has 1 heterocycles. The van der Waals surface area contributed by atoms with Gasteiger partial charge in [-0.1, -0.05) is 37.1 Å². The van der Waals surface area contributed by atoms with Crippen molar-refractivity contribution >= 4 is 29.9 Å². The molecule has 0 radical (unpaired) electrons. The molecule has 3 rings (SSSR count). The summed E-state index contributed by atoms with van der Waals surface area (Å²) < 4.78 is 0. The van der Waals surface area contributed by atoms with E-state index >= 15 is 0 Å². The highest BCUT2D eigenvalue weighted by Gasteiger charge is 2.21. The van der Waals surface area contributed by atoms with Crippen LogP contribution in [0.1, 0.15) is 49.7 Å². The minimum atomic E-state index is 0. The third-order valence-electron chi connectivity index (χ3n) is 5.07. The molecular weight excluding hydrogens is 423 g/mol. The number of rotatable bonds is 6. The zero-order chi connectivity index (χ0) is 16.6. The van der Waals surface area contributed by atoms with Gasteiger partial charge in [-0.15, -0.1) is 24.0 Å². The van der Waals surface area contributed by atoms with E-state index in [2.05, 4.69) is 44.8 Å². The van der Waals surface area contributed by atoms with Gasteiger partial charge in [0.2, 0.25) is 0 Å². The van der Waals surface area contributed by atoms with Gasteiger partial charge in [0.15, 0.2) is 5.96 Å². The molecule has 5 heteroatoms. The molecule has 140 valence electrons. The fourth-order valence-corrected chi connectivity index (χ4v) is 3.28. The number of likely N-dealkylation sites (tertiary alicyclic amines) is 1. The summed E-state index contributed by atoms with van der Waals surface area (Å²) >= 11 is 0. The Morgan fingerprint density at radius 1 is 1.00 bits per heavy atom. The van der Waals surface area contributed by atoms with E-state index in [0.717, 1.165) is 31.5 Å². The molecule has 25 heavy (non-hydrogen) atoms. The van der Waals surface area contributed by atoms with E-state index in [0.29, 0.717) is 0 Å². The van der Waals surface area contributed by atoms with Gasteiger partial charge in [0.25, 0.3) is 0 Å². The van der Waals surface area contributed by atoms with Gasteiger partial charge < -0.3 is 10.6 Å². The highest BCUT2D eigenvalue weighted by atomic mass is 127. The Morgan fingerprint density at radius 2 is 1.64 bits per heavy atom. The Hall–Kier alpha value is -0.820. The van der Waals surface area contributed by atoms with Gasteiger partial charge in [-0.3, -0.25) is 9.89 Å². The zero-order valence-corrected chi connectivity index (χ0v) is 17.8. The van der Waals surface area contributed by atoms with Crippen LogP contribution >= 0.6 is 24.0 Å². The maximum atomic E-state index is 4.29. The molecule has 2 fully saturated rings. The van der Waals surface area contributed by atoms with Crippen LogP contribution in [0.3, 0.4) is 0 Å². The summed E-state index contributed by atoms with van der Waals surface area (Å²) in [6, 6.07) is 9.05. The van der Waals surface area contributed by atoms with Gasteiger partial charge in [0, 0.05) is 26.7 Å². The normalized spacial score (nSPS) is 19.0. The van der Waals surface area contributed by atoms with Crippen molar-refractivity contribution in [2.75, 3.05) is 26.7 Å². The van der Waals surface area contributed by atoms with Crippen LogP contribution in [-0.4, -0.2) is 37.5 Å². The van der Waals surface area contributed by atoms with Crippen molar-refractivity contribution in [2.45, 2.75) is 51.6 Å². The Morgan fingerprint density at radius 3 is 2.24 bits per heavy atom. The second-order valence-corrected chi connectivity index (χ2v) is 7.26. The van der Waals surface area contributed by atoms with Gasteiger partial charge in [-0.25, -0.2) is 0 Å². The zero-order valence-electron chi connectivity index (χ0n) is 15.5. The fraction of sp³-hybridized carbons (Fsp3) is 0.650. The first-order valence-electron chi connectivity index (χ1n) is 9.58. The smallest absolute Gasteiger partial charge is 0.191 e. The van der Waals surface area contributed by atoms with E-state index in [9.17, 15) is 0 Å². The maximum absolute atomic E-state index is 4.29. The number of nitrogens with zero attached hydrogens (tertiary/aromatic N) is 2. The Balaban J connectivity index is 0.00000225. The average Bonchev–Trinajstić information content (AvgIpc) is 3.44. The minimum Gasteiger partial charge on any atom is -0.356 e. The summed E-state index contributed by atoms with van der Waals surface area (Å²) in [6.45, 7) is 5.49. The van der Waals surface area contributed by atoms with Crippen molar-refractivity contribution in [1.82, 2.24) is 15.5 Å². The van der Waals surface area contributed by atoms with Gasteiger partial charge >= 0.3 is 0 Å². The van der Waals surface area contributed by atoms with Crippen molar-refractivity contribution in [3.63, 3.8) is 0 Å². The molecule has 1 aliphatic heterocycles. The molecule has 0 spiro atoms. The fourth-order valence-electron chi connectivity index (χ4n) is 3.28. The van der Waals surface area contributed by atoms with Crippen molar-refractivity contribution in [2.24, 2.45) is 10.9 Å². The first-order valence-corrected chi connectivity index (χ1v) is 9.58. The van der Waals surface area contributed by atoms with Gasteiger partial charge in [-0.05, 0) is 55.8 Å². The molecule has 0 bridgehead atoms. The van der Waals surface area contributed by atoms with Crippen LogP contribution in [0.25, 0.3) is 0 Å². The second kappa shape index (κ2) is 11.0. The van der Waals surface area contributed by atoms with E-state index < -0.39 is 0 Å². The average molecular weight is 456 g/mol. The number of benzene rings is 1. The standard InChI is InChI=1S/C20H32N4.HI/c1-21-20(22-14-17-6-7-17)23-15-18-8-10-19(11-9-18)16-24-12-4-2-3-5-13-24;/h8-11,17H,2-7,12-16H2,1H3,(H2,21,22,23);1H. The van der Waals surface area contributed by atoms with Crippen LogP contribution in [0.2, 0.25) is 0 Å². The van der Waals surface area contributed by atoms with Crippen molar-refractivity contribution in [3.05, 3.63) is 35.4 Å². The van der Waals surface area contributed by atoms with E-state index in [1.54, 1.807) is 0 Å². The molecule has 0 atom stereocenters. The summed E-state index contributed by atoms with van der Waals surface area (Å²) in [6.07, 6.45) is 8.24. The molecule has 1 aliphatic carbocycles. The molecule has 0 aromatic heterocycles. The molecule has 1 saturated heterocycles. The van der Waals surface area contributed by atoms with Gasteiger partial charge in [0.05, 0.1) is 0 Å². The van der Waals surface area contributed by atoms with Crippen molar-refractivity contribution < 1.29 is 0 Å². The van der Waals surface area contributed by atoms with Crippen LogP contribution < -0.4 is 10.6 Å². The van der Waals surface area contributed by atoms with Crippen LogP contribution in [-0.2, 0) is 13.1 Å². The van der Waals surface area contributed by atoms with Crippen molar-refractivity contribution in [1.29, 1.82) is 0 Å². The Labute approximate surface area is 169 Å². The third kappa shape index (κ3) is 7.52. The molecule has 2 aliphatic rings. The molecule has 0 amide bonds. The summed E-state index contributed by atoms with van der Waals surface area (Å²) in [4.78, 5) is 6.90. The maximum Gasteiger partial charge on any atom is 0.191 e. The molecular formula is C20H33IN4. The molecule has 1 aromatic carbocycles. The highest BCUT2D eigenvalue weighted by Crippen LogP contribution is 2.27. The summed E-state index contributed by atoms with van der Waals surface area (Å²) in [5, 5.41) is 6.81. The highest BCUT2D eigenvalue weighted by molar-refractivity contribution is 14.0. The molecule has 1 saturated carbocycles. The quantitative estimate of drug-likeness (QED) is 0.389. The van der Waals surface area contributed by atoms with Crippen LogP contribution in [0.4, 0.5) is 0 Å². The number of nitrogens with one attached hydrogen (secondary N) is 2. The lowest BCUT2D eigenvalue weighted by molar-refractivity contribution is 0.277. The largest absolute Gasteiger partial charge is 0.356 e. The van der Waals surface area contributed by atoms with E-state index in [-0.39, 0.29) is 24.0 Å². The first kappa shape index (κ1) is 20.5. The molecule has 1 aromatic rings. The summed E-state index contributed by atoms with van der Waals surface area (Å²) in [5.41, 5.74) is 2.74. The number of aliphatic imine (C=N–C) groups is 1. The second-order valence-electron chi connectivity index (χ2n) is 7.26. The Kier molecular flexibility index (Phi) is 9.03. The van der Waals surface area contributed by atoms with Crippen LogP contribution in [0.5, 0.6) is 0 Å². The summed E-state index contributed by atoms with van der Waals surface area (Å²) in [5.74, 6) is 1.78. The lowest BCUT2D eigenvalue weighted by Crippen LogP contribution is -2.37. The van der Waals surface area contributed by atoms with E-state index in [1.807, 2.05) is 7.05 Å².